The van der Waals surface area contributed by atoms with E-state index in [1.807, 2.05) is 67.8 Å². The van der Waals surface area contributed by atoms with E-state index < -0.39 is 10.0 Å². The molecular weight excluding hydrogens is 546 g/mol. The van der Waals surface area contributed by atoms with Crippen LogP contribution in [0.2, 0.25) is 0 Å². The first kappa shape index (κ1) is 28.0. The van der Waals surface area contributed by atoms with Crippen LogP contribution < -0.4 is 5.32 Å². The Labute approximate surface area is 238 Å². The molecule has 11 heteroatoms. The van der Waals surface area contributed by atoms with Crippen molar-refractivity contribution in [1.29, 1.82) is 0 Å². The molecule has 0 unspecified atom stereocenters. The zero-order chi connectivity index (χ0) is 28.3. The average Bonchev–Trinajstić information content (AvgIpc) is 3.39. The number of thioether (sulfide) groups is 1. The molecule has 0 bridgehead atoms. The number of amides is 1. The summed E-state index contributed by atoms with van der Waals surface area (Å²) in [4.78, 5) is 13.1. The van der Waals surface area contributed by atoms with E-state index in [-0.39, 0.29) is 16.6 Å². The lowest BCUT2D eigenvalue weighted by Crippen LogP contribution is -2.40. The second-order valence-corrected chi connectivity index (χ2v) is 12.5. The molecule has 0 spiro atoms. The van der Waals surface area contributed by atoms with Gasteiger partial charge in [-0.05, 0) is 68.3 Å². The molecule has 40 heavy (non-hydrogen) atoms. The van der Waals surface area contributed by atoms with Crippen molar-refractivity contribution in [3.63, 3.8) is 0 Å². The van der Waals surface area contributed by atoms with Crippen LogP contribution in [-0.4, -0.2) is 65.5 Å². The number of ether oxygens (including phenoxy) is 1. The number of benzene rings is 3. The van der Waals surface area contributed by atoms with Crippen LogP contribution in [0, 0.1) is 20.8 Å². The standard InChI is InChI=1S/C29H31N5O4S2/c1-20-17-21(2)27(22(3)18-20)30-26(35)19-39-29-32-31-28(34(29)24-7-5-4-6-8-24)23-9-11-25(12-10-23)40(36,37)33-13-15-38-16-14-33/h4-12,17-18H,13-16,19H2,1-3H3,(H,30,35). The number of aryl methyl sites for hydroxylation is 3. The Bertz CT molecular complexity index is 1590. The number of sulfonamides is 1. The molecule has 2 heterocycles. The number of hydrogen-bond donors (Lipinski definition) is 1. The Morgan fingerprint density at radius 3 is 2.25 bits per heavy atom. The molecule has 0 atom stereocenters. The molecule has 1 aliphatic heterocycles. The Morgan fingerprint density at radius 1 is 0.950 bits per heavy atom. The summed E-state index contributed by atoms with van der Waals surface area (Å²) >= 11 is 1.29. The SMILES string of the molecule is Cc1cc(C)c(NC(=O)CSc2nnc(-c3ccc(S(=O)(=O)N4CCOCC4)cc3)n2-c2ccccc2)c(C)c1. The molecule has 4 aromatic rings. The van der Waals surface area contributed by atoms with Gasteiger partial charge in [-0.2, -0.15) is 4.31 Å². The van der Waals surface area contributed by atoms with Gasteiger partial charge >= 0.3 is 0 Å². The summed E-state index contributed by atoms with van der Waals surface area (Å²) in [6.07, 6.45) is 0. The van der Waals surface area contributed by atoms with E-state index in [9.17, 15) is 13.2 Å². The number of anilines is 1. The van der Waals surface area contributed by atoms with Crippen molar-refractivity contribution in [3.05, 3.63) is 83.4 Å². The topological polar surface area (TPSA) is 106 Å². The maximum absolute atomic E-state index is 13.1. The number of nitrogens with zero attached hydrogens (tertiary/aromatic N) is 4. The Hall–Kier alpha value is -3.51. The predicted molar refractivity (Wildman–Crippen MR) is 156 cm³/mol. The van der Waals surface area contributed by atoms with Crippen molar-refractivity contribution in [2.45, 2.75) is 30.8 Å². The molecule has 0 radical (unpaired) electrons. The summed E-state index contributed by atoms with van der Waals surface area (Å²) in [5, 5.41) is 12.4. The number of hydrogen-bond acceptors (Lipinski definition) is 7. The summed E-state index contributed by atoms with van der Waals surface area (Å²) in [5.74, 6) is 0.561. The van der Waals surface area contributed by atoms with E-state index in [4.69, 9.17) is 4.74 Å². The second-order valence-electron chi connectivity index (χ2n) is 9.63. The van der Waals surface area contributed by atoms with E-state index >= 15 is 0 Å². The third-order valence-corrected chi connectivity index (χ3v) is 9.48. The Balaban J connectivity index is 1.39. The number of carbonyl (C=O) groups excluding carboxylic acids is 1. The summed E-state index contributed by atoms with van der Waals surface area (Å²) in [5.41, 5.74) is 5.56. The van der Waals surface area contributed by atoms with Gasteiger partial charge in [-0.3, -0.25) is 9.36 Å². The highest BCUT2D eigenvalue weighted by molar-refractivity contribution is 7.99. The van der Waals surface area contributed by atoms with E-state index in [1.165, 1.54) is 16.1 Å². The maximum atomic E-state index is 13.1. The van der Waals surface area contributed by atoms with E-state index in [2.05, 4.69) is 15.5 Å². The number of nitrogens with one attached hydrogen (secondary N) is 1. The highest BCUT2D eigenvalue weighted by atomic mass is 32.2. The minimum absolute atomic E-state index is 0.137. The minimum Gasteiger partial charge on any atom is -0.379 e. The van der Waals surface area contributed by atoms with Crippen LogP contribution >= 0.6 is 11.8 Å². The van der Waals surface area contributed by atoms with Gasteiger partial charge < -0.3 is 10.1 Å². The van der Waals surface area contributed by atoms with Gasteiger partial charge in [0.2, 0.25) is 15.9 Å². The fraction of sp³-hybridized carbons (Fsp3) is 0.276. The van der Waals surface area contributed by atoms with Crippen LogP contribution in [0.5, 0.6) is 0 Å². The number of morpholine rings is 1. The lowest BCUT2D eigenvalue weighted by Gasteiger charge is -2.26. The molecule has 3 aromatic carbocycles. The van der Waals surface area contributed by atoms with Crippen LogP contribution in [0.1, 0.15) is 16.7 Å². The molecule has 0 aliphatic carbocycles. The third kappa shape index (κ3) is 5.97. The lowest BCUT2D eigenvalue weighted by atomic mass is 10.1. The zero-order valence-electron chi connectivity index (χ0n) is 22.6. The molecule has 9 nitrogen and oxygen atoms in total. The fourth-order valence-corrected chi connectivity index (χ4v) is 6.91. The summed E-state index contributed by atoms with van der Waals surface area (Å²) in [6, 6.07) is 20.4. The maximum Gasteiger partial charge on any atom is 0.243 e. The molecule has 5 rings (SSSR count). The molecule has 1 aromatic heterocycles. The predicted octanol–water partition coefficient (Wildman–Crippen LogP) is 4.61. The van der Waals surface area contributed by atoms with Crippen LogP contribution in [0.4, 0.5) is 5.69 Å². The van der Waals surface area contributed by atoms with Gasteiger partial charge in [-0.25, -0.2) is 8.42 Å². The highest BCUT2D eigenvalue weighted by Gasteiger charge is 2.26. The first-order chi connectivity index (χ1) is 19.2. The van der Waals surface area contributed by atoms with Crippen LogP contribution in [0.15, 0.2) is 76.8 Å². The molecule has 1 aliphatic rings. The van der Waals surface area contributed by atoms with Crippen molar-refractivity contribution in [1.82, 2.24) is 19.1 Å². The normalized spacial score (nSPS) is 14.3. The zero-order valence-corrected chi connectivity index (χ0v) is 24.3. The van der Waals surface area contributed by atoms with Gasteiger partial charge in [0.25, 0.3) is 0 Å². The van der Waals surface area contributed by atoms with Gasteiger partial charge in [0.05, 0.1) is 23.9 Å². The van der Waals surface area contributed by atoms with Crippen molar-refractivity contribution in [2.24, 2.45) is 0 Å². The number of rotatable bonds is 8. The molecule has 1 amide bonds. The monoisotopic (exact) mass is 577 g/mol. The Morgan fingerprint density at radius 2 is 1.60 bits per heavy atom. The summed E-state index contributed by atoms with van der Waals surface area (Å²) < 4.78 is 34.7. The van der Waals surface area contributed by atoms with Crippen molar-refractivity contribution in [2.75, 3.05) is 37.4 Å². The molecule has 1 saturated heterocycles. The van der Waals surface area contributed by atoms with E-state index in [0.717, 1.165) is 28.1 Å². The van der Waals surface area contributed by atoms with Crippen molar-refractivity contribution >= 4 is 33.4 Å². The number of carbonyl (C=O) groups is 1. The van der Waals surface area contributed by atoms with Crippen molar-refractivity contribution in [3.8, 4) is 17.1 Å². The molecule has 1 N–H and O–H groups in total. The second kappa shape index (κ2) is 11.9. The number of para-hydroxylation sites is 1. The summed E-state index contributed by atoms with van der Waals surface area (Å²) in [6.45, 7) is 7.46. The smallest absolute Gasteiger partial charge is 0.243 e. The largest absolute Gasteiger partial charge is 0.379 e. The van der Waals surface area contributed by atoms with Gasteiger partial charge in [0.15, 0.2) is 11.0 Å². The van der Waals surface area contributed by atoms with Crippen LogP contribution in [0.25, 0.3) is 17.1 Å². The van der Waals surface area contributed by atoms with Gasteiger partial charge in [0.1, 0.15) is 0 Å². The first-order valence-electron chi connectivity index (χ1n) is 12.9. The molecular formula is C29H31N5O4S2. The summed E-state index contributed by atoms with van der Waals surface area (Å²) in [7, 11) is -3.61. The third-order valence-electron chi connectivity index (χ3n) is 6.64. The number of aromatic nitrogens is 3. The van der Waals surface area contributed by atoms with Crippen molar-refractivity contribution < 1.29 is 17.9 Å². The van der Waals surface area contributed by atoms with Gasteiger partial charge in [-0.15, -0.1) is 10.2 Å². The van der Waals surface area contributed by atoms with Gasteiger partial charge in [-0.1, -0.05) is 47.7 Å². The fourth-order valence-electron chi connectivity index (χ4n) is 4.76. The van der Waals surface area contributed by atoms with Gasteiger partial charge in [0, 0.05) is 30.0 Å². The molecule has 0 saturated carbocycles. The lowest BCUT2D eigenvalue weighted by molar-refractivity contribution is -0.113. The molecule has 1 fully saturated rings. The van der Waals surface area contributed by atoms with E-state index in [1.54, 1.807) is 24.3 Å². The van der Waals surface area contributed by atoms with E-state index in [0.29, 0.717) is 42.8 Å². The van der Waals surface area contributed by atoms with Crippen LogP contribution in [0.3, 0.4) is 0 Å². The Kier molecular flexibility index (Phi) is 8.36. The average molecular weight is 578 g/mol. The molecule has 208 valence electrons. The first-order valence-corrected chi connectivity index (χ1v) is 15.4. The van der Waals surface area contributed by atoms with Crippen LogP contribution in [-0.2, 0) is 19.6 Å². The highest BCUT2D eigenvalue weighted by Crippen LogP contribution is 2.30. The quantitative estimate of drug-likeness (QED) is 0.305. The minimum atomic E-state index is -3.61.